The maximum atomic E-state index is 13.2. The number of carbonyl (C=O) groups excluding carboxylic acids is 2. The van der Waals surface area contributed by atoms with Crippen LogP contribution in [-0.4, -0.2) is 37.2 Å². The van der Waals surface area contributed by atoms with Crippen LogP contribution in [-0.2, 0) is 9.53 Å². The third kappa shape index (κ3) is 5.36. The maximum absolute atomic E-state index is 13.2. The van der Waals surface area contributed by atoms with Gasteiger partial charge in [-0.1, -0.05) is 35.9 Å². The molecule has 35 heavy (non-hydrogen) atoms. The Morgan fingerprint density at radius 2 is 1.69 bits per heavy atom. The third-order valence-corrected chi connectivity index (χ3v) is 5.60. The lowest BCUT2D eigenvalue weighted by atomic mass is 10.0. The van der Waals surface area contributed by atoms with E-state index < -0.39 is 18.0 Å². The van der Waals surface area contributed by atoms with Crippen molar-refractivity contribution in [3.8, 4) is 22.8 Å². The van der Waals surface area contributed by atoms with Gasteiger partial charge in [0.1, 0.15) is 0 Å². The number of para-hydroxylation sites is 1. The second-order valence-electron chi connectivity index (χ2n) is 7.69. The molecule has 0 saturated carbocycles. The summed E-state index contributed by atoms with van der Waals surface area (Å²) in [5.41, 5.74) is 2.70. The van der Waals surface area contributed by atoms with Gasteiger partial charge in [0.2, 0.25) is 0 Å². The Labute approximate surface area is 207 Å². The van der Waals surface area contributed by atoms with Crippen molar-refractivity contribution in [2.24, 2.45) is 0 Å². The highest BCUT2D eigenvalue weighted by Gasteiger charge is 2.22. The second-order valence-corrected chi connectivity index (χ2v) is 8.13. The van der Waals surface area contributed by atoms with E-state index >= 15 is 0 Å². The Balaban J connectivity index is 1.64. The summed E-state index contributed by atoms with van der Waals surface area (Å²) >= 11 is 5.97. The lowest BCUT2D eigenvalue weighted by molar-refractivity contribution is -0.123. The van der Waals surface area contributed by atoms with E-state index in [9.17, 15) is 9.59 Å². The molecule has 7 nitrogen and oxygen atoms in total. The van der Waals surface area contributed by atoms with Gasteiger partial charge >= 0.3 is 5.97 Å². The number of halogens is 1. The maximum Gasteiger partial charge on any atom is 0.339 e. The number of benzene rings is 3. The number of hydrogen-bond donors (Lipinski definition) is 1. The molecule has 1 aromatic heterocycles. The summed E-state index contributed by atoms with van der Waals surface area (Å²) < 4.78 is 16.2. The number of anilines is 1. The number of nitrogens with zero attached hydrogens (tertiary/aromatic N) is 1. The Morgan fingerprint density at radius 3 is 2.43 bits per heavy atom. The first-order valence-corrected chi connectivity index (χ1v) is 11.2. The van der Waals surface area contributed by atoms with Crippen molar-refractivity contribution in [3.63, 3.8) is 0 Å². The van der Waals surface area contributed by atoms with Crippen molar-refractivity contribution in [2.45, 2.75) is 13.0 Å². The van der Waals surface area contributed by atoms with Gasteiger partial charge in [-0.2, -0.15) is 0 Å². The first-order chi connectivity index (χ1) is 16.9. The molecule has 1 heterocycles. The number of amides is 1. The Kier molecular flexibility index (Phi) is 7.17. The molecule has 1 N–H and O–H groups in total. The zero-order valence-electron chi connectivity index (χ0n) is 19.4. The van der Waals surface area contributed by atoms with E-state index in [2.05, 4.69) is 5.32 Å². The molecule has 0 aliphatic heterocycles. The molecule has 1 amide bonds. The van der Waals surface area contributed by atoms with Crippen molar-refractivity contribution < 1.29 is 23.8 Å². The van der Waals surface area contributed by atoms with Gasteiger partial charge in [0, 0.05) is 21.7 Å². The summed E-state index contributed by atoms with van der Waals surface area (Å²) in [4.78, 5) is 30.5. The third-order valence-electron chi connectivity index (χ3n) is 5.36. The minimum Gasteiger partial charge on any atom is -0.493 e. The molecule has 0 fully saturated rings. The minimum atomic E-state index is -1.04. The molecule has 3 aromatic carbocycles. The van der Waals surface area contributed by atoms with Crippen molar-refractivity contribution >= 4 is 40.1 Å². The molecular formula is C27H23ClN2O5. The van der Waals surface area contributed by atoms with Crippen LogP contribution in [0, 0.1) is 0 Å². The monoisotopic (exact) mass is 490 g/mol. The summed E-state index contributed by atoms with van der Waals surface area (Å²) in [6.45, 7) is 1.51. The SMILES string of the molecule is COc1ccc(-c2cc(C(=O)O[C@H](C)C(=O)Nc3cccc(Cl)c3)c3ccccc3n2)cc1OC. The van der Waals surface area contributed by atoms with Crippen molar-refractivity contribution in [2.75, 3.05) is 19.5 Å². The minimum absolute atomic E-state index is 0.294. The zero-order chi connectivity index (χ0) is 24.9. The lowest BCUT2D eigenvalue weighted by Crippen LogP contribution is -2.30. The van der Waals surface area contributed by atoms with Gasteiger partial charge in [0.15, 0.2) is 17.6 Å². The normalized spacial score (nSPS) is 11.5. The number of ether oxygens (including phenoxy) is 3. The molecule has 0 aliphatic carbocycles. The van der Waals surface area contributed by atoms with E-state index in [-0.39, 0.29) is 0 Å². The molecule has 4 rings (SSSR count). The number of hydrogen-bond acceptors (Lipinski definition) is 6. The number of esters is 1. The highest BCUT2D eigenvalue weighted by molar-refractivity contribution is 6.30. The van der Waals surface area contributed by atoms with Gasteiger partial charge < -0.3 is 19.5 Å². The van der Waals surface area contributed by atoms with Crippen LogP contribution in [0.4, 0.5) is 5.69 Å². The van der Waals surface area contributed by atoms with Crippen LogP contribution in [0.1, 0.15) is 17.3 Å². The van der Waals surface area contributed by atoms with Gasteiger partial charge in [-0.25, -0.2) is 9.78 Å². The summed E-state index contributed by atoms with van der Waals surface area (Å²) in [5, 5.41) is 3.80. The molecule has 1 atom stereocenters. The average molecular weight is 491 g/mol. The number of nitrogens with one attached hydrogen (secondary N) is 1. The number of carbonyl (C=O) groups is 2. The molecular weight excluding hydrogens is 468 g/mol. The van der Waals surface area contributed by atoms with Crippen LogP contribution < -0.4 is 14.8 Å². The fraction of sp³-hybridized carbons (Fsp3) is 0.148. The van der Waals surface area contributed by atoms with E-state index in [4.69, 9.17) is 30.8 Å². The molecule has 4 aromatic rings. The molecule has 0 aliphatic rings. The zero-order valence-corrected chi connectivity index (χ0v) is 20.1. The summed E-state index contributed by atoms with van der Waals surface area (Å²) in [6, 6.07) is 21.0. The standard InChI is InChI=1S/C27H23ClN2O5/c1-16(26(31)29-19-8-6-7-18(28)14-19)35-27(32)21-15-23(30-22-10-5-4-9-20(21)22)17-11-12-24(33-2)25(13-17)34-3/h4-16H,1-3H3,(H,29,31)/t16-/m1/s1. The van der Waals surface area contributed by atoms with E-state index in [1.807, 2.05) is 24.3 Å². The van der Waals surface area contributed by atoms with Crippen LogP contribution in [0.25, 0.3) is 22.2 Å². The predicted octanol–water partition coefficient (Wildman–Crippen LogP) is 5.76. The van der Waals surface area contributed by atoms with Crippen LogP contribution in [0.3, 0.4) is 0 Å². The van der Waals surface area contributed by atoms with Crippen molar-refractivity contribution in [1.82, 2.24) is 4.98 Å². The first-order valence-electron chi connectivity index (χ1n) is 10.8. The van der Waals surface area contributed by atoms with E-state index in [0.717, 1.165) is 5.56 Å². The van der Waals surface area contributed by atoms with Crippen LogP contribution in [0.15, 0.2) is 72.8 Å². The smallest absolute Gasteiger partial charge is 0.339 e. The van der Waals surface area contributed by atoms with Gasteiger partial charge in [0.05, 0.1) is 31.0 Å². The van der Waals surface area contributed by atoms with Gasteiger partial charge in [0.25, 0.3) is 5.91 Å². The summed E-state index contributed by atoms with van der Waals surface area (Å²) in [5.74, 6) is 0.00442. The highest BCUT2D eigenvalue weighted by atomic mass is 35.5. The van der Waals surface area contributed by atoms with E-state index in [0.29, 0.717) is 44.4 Å². The van der Waals surface area contributed by atoms with Crippen molar-refractivity contribution in [3.05, 3.63) is 83.4 Å². The Hall–Kier alpha value is -4.10. The van der Waals surface area contributed by atoms with Crippen LogP contribution in [0.5, 0.6) is 11.5 Å². The van der Waals surface area contributed by atoms with Gasteiger partial charge in [-0.05, 0) is 55.5 Å². The average Bonchev–Trinajstić information content (AvgIpc) is 2.87. The first kappa shape index (κ1) is 24.0. The molecule has 0 saturated heterocycles. The molecule has 0 unspecified atom stereocenters. The quantitative estimate of drug-likeness (QED) is 0.332. The molecule has 8 heteroatoms. The van der Waals surface area contributed by atoms with Crippen molar-refractivity contribution in [1.29, 1.82) is 0 Å². The molecule has 0 spiro atoms. The molecule has 178 valence electrons. The predicted molar refractivity (Wildman–Crippen MR) is 135 cm³/mol. The summed E-state index contributed by atoms with van der Waals surface area (Å²) in [7, 11) is 3.11. The number of aromatic nitrogens is 1. The highest BCUT2D eigenvalue weighted by Crippen LogP contribution is 2.33. The Bertz CT molecular complexity index is 1410. The largest absolute Gasteiger partial charge is 0.493 e. The fourth-order valence-electron chi connectivity index (χ4n) is 3.58. The lowest BCUT2D eigenvalue weighted by Gasteiger charge is -2.15. The van der Waals surface area contributed by atoms with Crippen LogP contribution in [0.2, 0.25) is 5.02 Å². The number of fused-ring (bicyclic) bond motifs is 1. The van der Waals surface area contributed by atoms with Gasteiger partial charge in [-0.3, -0.25) is 4.79 Å². The number of pyridine rings is 1. The fourth-order valence-corrected chi connectivity index (χ4v) is 3.77. The second kappa shape index (κ2) is 10.4. The molecule has 0 radical (unpaired) electrons. The number of methoxy groups -OCH3 is 2. The Morgan fingerprint density at radius 1 is 0.914 bits per heavy atom. The van der Waals surface area contributed by atoms with E-state index in [1.54, 1.807) is 62.8 Å². The van der Waals surface area contributed by atoms with E-state index in [1.165, 1.54) is 6.92 Å². The molecule has 0 bridgehead atoms. The van der Waals surface area contributed by atoms with Crippen LogP contribution >= 0.6 is 11.6 Å². The topological polar surface area (TPSA) is 86.8 Å². The number of rotatable bonds is 7. The summed E-state index contributed by atoms with van der Waals surface area (Å²) in [6.07, 6.45) is -1.04. The van der Waals surface area contributed by atoms with Gasteiger partial charge in [-0.15, -0.1) is 0 Å².